The van der Waals surface area contributed by atoms with E-state index >= 15 is 0 Å². The zero-order chi connectivity index (χ0) is 25.8. The van der Waals surface area contributed by atoms with Gasteiger partial charge in [0.05, 0.1) is 13.9 Å². The predicted octanol–water partition coefficient (Wildman–Crippen LogP) is 1.77. The van der Waals surface area contributed by atoms with Gasteiger partial charge >= 0.3 is 7.12 Å². The maximum absolute atomic E-state index is 8.26. The van der Waals surface area contributed by atoms with Gasteiger partial charge in [0.25, 0.3) is 0 Å². The van der Waals surface area contributed by atoms with Crippen LogP contribution in [0.2, 0.25) is 0 Å². The van der Waals surface area contributed by atoms with Crippen LogP contribution in [0.3, 0.4) is 0 Å². The number of anilines is 1. The molecule has 114 valence electrons. The second kappa shape index (κ2) is 5.25. The van der Waals surface area contributed by atoms with E-state index in [0.29, 0.717) is 0 Å². The molecule has 3 rings (SSSR count). The van der Waals surface area contributed by atoms with Crippen LogP contribution >= 0.6 is 0 Å². The first-order chi connectivity index (χ1) is 14.5. The summed E-state index contributed by atoms with van der Waals surface area (Å²) in [6.07, 6.45) is -12.1. The van der Waals surface area contributed by atoms with E-state index in [1.54, 1.807) is 27.7 Å². The monoisotopic (exact) mass is 301 g/mol. The fourth-order valence-electron chi connectivity index (χ4n) is 1.76. The van der Waals surface area contributed by atoms with E-state index in [1.807, 2.05) is 0 Å². The molecule has 5 nitrogen and oxygen atoms in total. The summed E-state index contributed by atoms with van der Waals surface area (Å²) >= 11 is 0. The van der Waals surface area contributed by atoms with Crippen molar-refractivity contribution < 1.29 is 25.8 Å². The molecule has 0 bridgehead atoms. The van der Waals surface area contributed by atoms with Crippen molar-refractivity contribution >= 4 is 18.5 Å². The Morgan fingerprint density at radius 2 is 1.62 bits per heavy atom. The molecule has 0 amide bonds. The standard InChI is InChI=1S/C15H24BN3O2/c1-14(2)15(3,4)21-16(20-14)12-10-17-13(18-11-12)19-8-6-5-7-9-19/h10-11H,5-9H2,1-4H3/i5D2,6D2,7D2,8D2,9D2,10D,11D. The van der Waals surface area contributed by atoms with Gasteiger partial charge in [0.15, 0.2) is 0 Å². The summed E-state index contributed by atoms with van der Waals surface area (Å²) in [4.78, 5) is 7.39. The molecule has 3 heterocycles. The lowest BCUT2D eigenvalue weighted by Gasteiger charge is -2.32. The van der Waals surface area contributed by atoms with Gasteiger partial charge < -0.3 is 14.2 Å². The third-order valence-electron chi connectivity index (χ3n) is 3.70. The average molecular weight is 301 g/mol. The number of hydrogen-bond acceptors (Lipinski definition) is 5. The van der Waals surface area contributed by atoms with Crippen LogP contribution < -0.4 is 10.4 Å². The largest absolute Gasteiger partial charge is 0.498 e. The minimum atomic E-state index is -3.60. The van der Waals surface area contributed by atoms with Gasteiger partial charge in [0.1, 0.15) is 0 Å². The third-order valence-corrected chi connectivity index (χ3v) is 3.70. The van der Waals surface area contributed by atoms with Gasteiger partial charge in [-0.1, -0.05) is 0 Å². The molecule has 0 saturated carbocycles. The Bertz CT molecular complexity index is 918. The lowest BCUT2D eigenvalue weighted by atomic mass is 9.81. The number of nitrogens with zero attached hydrogens (tertiary/aromatic N) is 3. The molecule has 6 heteroatoms. The topological polar surface area (TPSA) is 47.5 Å². The Morgan fingerprint density at radius 3 is 2.14 bits per heavy atom. The Hall–Kier alpha value is -1.14. The van der Waals surface area contributed by atoms with Crippen LogP contribution in [0.4, 0.5) is 5.95 Å². The summed E-state index contributed by atoms with van der Waals surface area (Å²) in [6.45, 7) is -0.0454. The first kappa shape index (κ1) is 6.16. The van der Waals surface area contributed by atoms with E-state index in [0.717, 1.165) is 0 Å². The van der Waals surface area contributed by atoms with Crippen molar-refractivity contribution in [1.29, 1.82) is 0 Å². The van der Waals surface area contributed by atoms with Gasteiger partial charge in [-0.15, -0.1) is 0 Å². The van der Waals surface area contributed by atoms with E-state index in [1.165, 1.54) is 0 Å². The second-order valence-electron chi connectivity index (χ2n) is 5.68. The van der Waals surface area contributed by atoms with Gasteiger partial charge in [-0.3, -0.25) is 0 Å². The number of piperidine rings is 1. The van der Waals surface area contributed by atoms with E-state index in [9.17, 15) is 0 Å². The second-order valence-corrected chi connectivity index (χ2v) is 5.68. The first-order valence-electron chi connectivity index (χ1n) is 12.5. The Kier molecular flexibility index (Phi) is 1.54. The van der Waals surface area contributed by atoms with Gasteiger partial charge in [-0.05, 0) is 46.8 Å². The molecule has 2 aliphatic rings. The Morgan fingerprint density at radius 1 is 1.10 bits per heavy atom. The SMILES string of the molecule is [2H]c1nc(N2C([2H])([2H])C([2H])([2H])C([2H])([2H])C([2H])([2H])C2([2H])[2H])nc([2H])c1B1OC(C)(C)C(C)(C)O1. The maximum Gasteiger partial charge on any atom is 0.498 e. The van der Waals surface area contributed by atoms with Gasteiger partial charge in [-0.2, -0.15) is 0 Å². The van der Waals surface area contributed by atoms with Crippen molar-refractivity contribution in [3.63, 3.8) is 0 Å². The maximum atomic E-state index is 8.26. The molecular weight excluding hydrogens is 265 g/mol. The summed E-state index contributed by atoms with van der Waals surface area (Å²) < 4.78 is 109. The minimum Gasteiger partial charge on any atom is -0.399 e. The molecule has 2 saturated heterocycles. The molecule has 2 fully saturated rings. The van der Waals surface area contributed by atoms with Crippen LogP contribution in [0, 0.1) is 0 Å². The lowest BCUT2D eigenvalue weighted by Crippen LogP contribution is -2.41. The highest BCUT2D eigenvalue weighted by atomic mass is 16.7. The molecule has 2 aliphatic heterocycles. The van der Waals surface area contributed by atoms with Crippen LogP contribution in [-0.4, -0.2) is 41.3 Å². The number of hydrogen-bond donors (Lipinski definition) is 0. The van der Waals surface area contributed by atoms with Gasteiger partial charge in [-0.25, -0.2) is 9.97 Å². The Balaban J connectivity index is 2.17. The molecule has 1 aromatic rings. The van der Waals surface area contributed by atoms with Crippen molar-refractivity contribution in [2.75, 3.05) is 17.9 Å². The third kappa shape index (κ3) is 2.79. The van der Waals surface area contributed by atoms with Crippen LogP contribution in [0.1, 0.15) is 63.3 Å². The van der Waals surface area contributed by atoms with Crippen LogP contribution in [-0.2, 0) is 9.31 Å². The quantitative estimate of drug-likeness (QED) is 0.779. The zero-order valence-corrected chi connectivity index (χ0v) is 12.2. The van der Waals surface area contributed by atoms with Crippen molar-refractivity contribution in [2.24, 2.45) is 0 Å². The molecule has 0 radical (unpaired) electrons. The van der Waals surface area contributed by atoms with Gasteiger partial charge in [0.2, 0.25) is 5.95 Å². The van der Waals surface area contributed by atoms with E-state index < -0.39 is 68.7 Å². The minimum absolute atomic E-state index is 0.0779. The summed E-state index contributed by atoms with van der Waals surface area (Å²) in [7, 11) is -1.23. The van der Waals surface area contributed by atoms with Crippen molar-refractivity contribution in [2.45, 2.75) is 58.0 Å². The molecule has 0 aliphatic carbocycles. The fraction of sp³-hybridized carbons (Fsp3) is 0.733. The molecule has 0 atom stereocenters. The van der Waals surface area contributed by atoms with E-state index in [4.69, 9.17) is 25.8 Å². The number of aromatic nitrogens is 2. The molecule has 0 unspecified atom stereocenters. The van der Waals surface area contributed by atoms with Crippen LogP contribution in [0.5, 0.6) is 0 Å². The molecule has 1 aromatic heterocycles. The van der Waals surface area contributed by atoms with Crippen molar-refractivity contribution in [3.8, 4) is 0 Å². The van der Waals surface area contributed by atoms with Crippen LogP contribution in [0.25, 0.3) is 0 Å². The zero-order valence-electron chi connectivity index (χ0n) is 24.2. The first-order valence-corrected chi connectivity index (χ1v) is 6.48. The average Bonchev–Trinajstić information content (AvgIpc) is 2.79. The van der Waals surface area contributed by atoms with E-state index in [-0.39, 0.29) is 10.4 Å². The molecule has 0 N–H and O–H groups in total. The summed E-state index contributed by atoms with van der Waals surface area (Å²) in [6, 6.07) is 0. The predicted molar refractivity (Wildman–Crippen MR) is 83.8 cm³/mol. The molecule has 0 aromatic carbocycles. The smallest absolute Gasteiger partial charge is 0.399 e. The van der Waals surface area contributed by atoms with Crippen molar-refractivity contribution in [1.82, 2.24) is 9.97 Å². The number of rotatable bonds is 2. The fourth-order valence-corrected chi connectivity index (χ4v) is 1.76. The molecule has 0 spiro atoms. The van der Waals surface area contributed by atoms with Gasteiger partial charge in [0, 0.05) is 44.5 Å². The highest BCUT2D eigenvalue weighted by Crippen LogP contribution is 2.36. The lowest BCUT2D eigenvalue weighted by molar-refractivity contribution is 0.00578. The van der Waals surface area contributed by atoms with Crippen molar-refractivity contribution in [3.05, 3.63) is 12.3 Å². The van der Waals surface area contributed by atoms with Crippen LogP contribution in [0.15, 0.2) is 12.3 Å². The highest BCUT2D eigenvalue weighted by Gasteiger charge is 2.51. The normalized spacial score (nSPS) is 44.8. The Labute approximate surface area is 144 Å². The summed E-state index contributed by atoms with van der Waals surface area (Å²) in [5, 5.41) is 0. The summed E-state index contributed by atoms with van der Waals surface area (Å²) in [5.74, 6) is -0.983. The molecule has 21 heavy (non-hydrogen) atoms. The summed E-state index contributed by atoms with van der Waals surface area (Å²) in [5.41, 5.74) is -1.87. The highest BCUT2D eigenvalue weighted by molar-refractivity contribution is 6.61. The molecular formula is C15H24BN3O2. The van der Waals surface area contributed by atoms with E-state index in [2.05, 4.69) is 9.97 Å².